The molecule has 1 aliphatic carbocycles. The molecule has 2 amide bonds. The first-order valence-electron chi connectivity index (χ1n) is 10.1. The van der Waals surface area contributed by atoms with Crippen LogP contribution < -0.4 is 10.6 Å². The van der Waals surface area contributed by atoms with Crippen molar-refractivity contribution in [1.82, 2.24) is 10.6 Å². The van der Waals surface area contributed by atoms with Crippen LogP contribution in [0.5, 0.6) is 0 Å². The topological polar surface area (TPSA) is 41.1 Å². The molecule has 3 aromatic rings. The van der Waals surface area contributed by atoms with Crippen LogP contribution in [0.4, 0.5) is 4.79 Å². The molecule has 3 aromatic carbocycles. The Labute approximate surface area is 181 Å². The van der Waals surface area contributed by atoms with Crippen molar-refractivity contribution >= 4 is 23.2 Å². The van der Waals surface area contributed by atoms with E-state index < -0.39 is 0 Å². The fraction of sp³-hybridized carbons (Fsp3) is 0.115. The molecule has 30 heavy (non-hydrogen) atoms. The molecule has 1 aliphatic heterocycles. The Morgan fingerprint density at radius 3 is 2.17 bits per heavy atom. The molecule has 0 radical (unpaired) electrons. The quantitative estimate of drug-likeness (QED) is 0.526. The molecule has 0 spiro atoms. The molecular weight excluding hydrogens is 392 g/mol. The van der Waals surface area contributed by atoms with E-state index in [9.17, 15) is 4.79 Å². The van der Waals surface area contributed by atoms with E-state index in [2.05, 4.69) is 53.1 Å². The summed E-state index contributed by atoms with van der Waals surface area (Å²) in [6.45, 7) is 0. The van der Waals surface area contributed by atoms with Gasteiger partial charge in [0.15, 0.2) is 0 Å². The second-order valence-electron chi connectivity index (χ2n) is 7.66. The van der Waals surface area contributed by atoms with Crippen LogP contribution in [-0.2, 0) is 0 Å². The van der Waals surface area contributed by atoms with Gasteiger partial charge in [0.25, 0.3) is 0 Å². The molecule has 0 bridgehead atoms. The molecule has 2 atom stereocenters. The predicted octanol–water partition coefficient (Wildman–Crippen LogP) is 6.22. The van der Waals surface area contributed by atoms with Crippen molar-refractivity contribution in [3.63, 3.8) is 0 Å². The third-order valence-corrected chi connectivity index (χ3v) is 6.07. The van der Waals surface area contributed by atoms with Crippen LogP contribution in [0.15, 0.2) is 102 Å². The number of halogens is 1. The van der Waals surface area contributed by atoms with Crippen LogP contribution in [0, 0.1) is 0 Å². The predicted molar refractivity (Wildman–Crippen MR) is 121 cm³/mol. The lowest BCUT2D eigenvalue weighted by molar-refractivity contribution is 0.238. The van der Waals surface area contributed by atoms with Gasteiger partial charge < -0.3 is 10.6 Å². The van der Waals surface area contributed by atoms with Gasteiger partial charge in [0.2, 0.25) is 0 Å². The van der Waals surface area contributed by atoms with Gasteiger partial charge in [-0.2, -0.15) is 0 Å². The van der Waals surface area contributed by atoms with E-state index in [1.807, 2.05) is 48.5 Å². The van der Waals surface area contributed by atoms with E-state index in [0.717, 1.165) is 22.7 Å². The summed E-state index contributed by atoms with van der Waals surface area (Å²) >= 11 is 6.16. The fourth-order valence-electron chi connectivity index (χ4n) is 4.42. The van der Waals surface area contributed by atoms with Gasteiger partial charge in [0, 0.05) is 16.6 Å². The molecule has 148 valence electrons. The van der Waals surface area contributed by atoms with Crippen LogP contribution in [0.2, 0.25) is 5.02 Å². The van der Waals surface area contributed by atoms with Crippen molar-refractivity contribution < 1.29 is 4.79 Å². The van der Waals surface area contributed by atoms with Gasteiger partial charge in [-0.1, -0.05) is 84.4 Å². The first kappa shape index (κ1) is 18.7. The number of rotatable bonds is 3. The summed E-state index contributed by atoms with van der Waals surface area (Å²) < 4.78 is 0. The third-order valence-electron chi connectivity index (χ3n) is 5.81. The average molecular weight is 413 g/mol. The number of urea groups is 1. The van der Waals surface area contributed by atoms with Crippen molar-refractivity contribution in [3.05, 3.63) is 124 Å². The maximum atomic E-state index is 12.5. The van der Waals surface area contributed by atoms with Gasteiger partial charge in [0.1, 0.15) is 0 Å². The highest BCUT2D eigenvalue weighted by molar-refractivity contribution is 6.30. The second-order valence-corrected chi connectivity index (χ2v) is 8.09. The molecular formula is C26H21ClN2O. The van der Waals surface area contributed by atoms with E-state index >= 15 is 0 Å². The highest BCUT2D eigenvalue weighted by atomic mass is 35.5. The minimum absolute atomic E-state index is 0.121. The van der Waals surface area contributed by atoms with Crippen LogP contribution in [0.1, 0.15) is 35.1 Å². The van der Waals surface area contributed by atoms with Gasteiger partial charge in [0.05, 0.1) is 6.04 Å². The van der Waals surface area contributed by atoms with E-state index in [4.69, 9.17) is 11.6 Å². The molecule has 0 fully saturated rings. The highest BCUT2D eigenvalue weighted by Crippen LogP contribution is 2.46. The summed E-state index contributed by atoms with van der Waals surface area (Å²) in [6, 6.07) is 28.2. The largest absolute Gasteiger partial charge is 0.327 e. The van der Waals surface area contributed by atoms with E-state index in [1.165, 1.54) is 22.3 Å². The summed E-state index contributed by atoms with van der Waals surface area (Å²) in [7, 11) is 0. The number of allylic oxidation sites excluding steroid dienone is 2. The normalized spacial score (nSPS) is 20.7. The van der Waals surface area contributed by atoms with Crippen molar-refractivity contribution in [3.8, 4) is 0 Å². The molecule has 5 rings (SSSR count). The van der Waals surface area contributed by atoms with E-state index in [-0.39, 0.29) is 18.0 Å². The molecule has 2 aliphatic rings. The molecule has 2 N–H and O–H groups in total. The SMILES string of the molecule is O=C1NC2=C(C(c3ccc(Cl)cc3)CC(c3ccccc3)=C2)C(c2ccccc2)N1. The Kier molecular flexibility index (Phi) is 4.89. The molecule has 3 nitrogen and oxygen atoms in total. The molecule has 4 heteroatoms. The number of hydrogen-bond acceptors (Lipinski definition) is 1. The minimum atomic E-state index is -0.178. The number of benzene rings is 3. The van der Waals surface area contributed by atoms with Gasteiger partial charge in [-0.3, -0.25) is 0 Å². The lowest BCUT2D eigenvalue weighted by atomic mass is 9.74. The lowest BCUT2D eigenvalue weighted by Crippen LogP contribution is -2.45. The molecule has 0 saturated carbocycles. The Bertz CT molecular complexity index is 1130. The van der Waals surface area contributed by atoms with E-state index in [1.54, 1.807) is 0 Å². The minimum Gasteiger partial charge on any atom is -0.327 e. The monoisotopic (exact) mass is 412 g/mol. The first-order chi connectivity index (χ1) is 14.7. The summed E-state index contributed by atoms with van der Waals surface area (Å²) in [5.41, 5.74) is 6.72. The zero-order valence-corrected chi connectivity index (χ0v) is 17.1. The smallest absolute Gasteiger partial charge is 0.319 e. The van der Waals surface area contributed by atoms with Crippen molar-refractivity contribution in [1.29, 1.82) is 0 Å². The van der Waals surface area contributed by atoms with E-state index in [0.29, 0.717) is 0 Å². The van der Waals surface area contributed by atoms with Crippen LogP contribution >= 0.6 is 11.6 Å². The standard InChI is InChI=1S/C26H21ClN2O/c27-21-13-11-18(12-14-21)22-15-20(17-7-3-1-4-8-17)16-23-24(22)25(29-26(30)28-23)19-9-5-2-6-10-19/h1-14,16,22,25H,15H2,(H2,28,29,30). The zero-order valence-electron chi connectivity index (χ0n) is 16.3. The Hall–Kier alpha value is -3.30. The van der Waals surface area contributed by atoms with Crippen molar-refractivity contribution in [2.45, 2.75) is 18.4 Å². The molecule has 2 unspecified atom stereocenters. The summed E-state index contributed by atoms with van der Waals surface area (Å²) in [5, 5.41) is 6.91. The maximum Gasteiger partial charge on any atom is 0.319 e. The molecule has 1 heterocycles. The Balaban J connectivity index is 1.68. The lowest BCUT2D eigenvalue weighted by Gasteiger charge is -2.38. The van der Waals surface area contributed by atoms with Gasteiger partial charge in [-0.25, -0.2) is 4.79 Å². The zero-order chi connectivity index (χ0) is 20.5. The van der Waals surface area contributed by atoms with Crippen LogP contribution in [0.25, 0.3) is 5.57 Å². The van der Waals surface area contributed by atoms with Gasteiger partial charge >= 0.3 is 6.03 Å². The Morgan fingerprint density at radius 2 is 1.47 bits per heavy atom. The van der Waals surface area contributed by atoms with Crippen molar-refractivity contribution in [2.75, 3.05) is 0 Å². The number of hydrogen-bond donors (Lipinski definition) is 2. The number of nitrogens with one attached hydrogen (secondary N) is 2. The Morgan fingerprint density at radius 1 is 0.800 bits per heavy atom. The number of carbonyl (C=O) groups is 1. The van der Waals surface area contributed by atoms with Crippen LogP contribution in [0.3, 0.4) is 0 Å². The third kappa shape index (κ3) is 3.53. The summed E-state index contributed by atoms with van der Waals surface area (Å²) in [6.07, 6.45) is 2.98. The number of carbonyl (C=O) groups excluding carboxylic acids is 1. The molecule has 0 aromatic heterocycles. The average Bonchev–Trinajstić information content (AvgIpc) is 2.79. The maximum absolute atomic E-state index is 12.5. The van der Waals surface area contributed by atoms with Gasteiger partial charge in [-0.05, 0) is 52.5 Å². The first-order valence-corrected chi connectivity index (χ1v) is 10.4. The molecule has 0 saturated heterocycles. The van der Waals surface area contributed by atoms with Gasteiger partial charge in [-0.15, -0.1) is 0 Å². The fourth-order valence-corrected chi connectivity index (χ4v) is 4.55. The highest BCUT2D eigenvalue weighted by Gasteiger charge is 2.36. The second kappa shape index (κ2) is 7.85. The van der Waals surface area contributed by atoms with Crippen molar-refractivity contribution in [2.24, 2.45) is 0 Å². The number of amides is 2. The summed E-state index contributed by atoms with van der Waals surface area (Å²) in [4.78, 5) is 12.5. The van der Waals surface area contributed by atoms with Crippen LogP contribution in [-0.4, -0.2) is 6.03 Å². The summed E-state index contributed by atoms with van der Waals surface area (Å²) in [5.74, 6) is 0.121.